The molecule has 0 bridgehead atoms. The van der Waals surface area contributed by atoms with E-state index in [0.29, 0.717) is 12.2 Å². The summed E-state index contributed by atoms with van der Waals surface area (Å²) < 4.78 is 67.5. The molecule has 2 heterocycles. The first-order chi connectivity index (χ1) is 17.9. The quantitative estimate of drug-likeness (QED) is 0.252. The Balaban J connectivity index is 0.000000599. The van der Waals surface area contributed by atoms with Crippen molar-refractivity contribution in [2.24, 2.45) is 0 Å². The number of para-hydroxylation sites is 1. The number of hydrogen-bond acceptors (Lipinski definition) is 8. The van der Waals surface area contributed by atoms with E-state index >= 15 is 0 Å². The zero-order valence-electron chi connectivity index (χ0n) is 20.6. The number of carbonyl (C=O) groups excluding carboxylic acids is 1. The van der Waals surface area contributed by atoms with Gasteiger partial charge in [0, 0.05) is 36.3 Å². The van der Waals surface area contributed by atoms with E-state index < -0.39 is 21.9 Å². The number of halogens is 3. The molecule has 10 nitrogen and oxygen atoms in total. The van der Waals surface area contributed by atoms with Crippen molar-refractivity contribution in [3.63, 3.8) is 0 Å². The van der Waals surface area contributed by atoms with E-state index in [1.165, 1.54) is 6.92 Å². The lowest BCUT2D eigenvalue weighted by molar-refractivity contribution is -0.137. The van der Waals surface area contributed by atoms with Crippen LogP contribution in [-0.2, 0) is 34.1 Å². The third kappa shape index (κ3) is 8.05. The smallest absolute Gasteiger partial charge is 0.385 e. The number of hydrogen-bond donors (Lipinski definition) is 5. The van der Waals surface area contributed by atoms with Crippen molar-refractivity contribution >= 4 is 44.9 Å². The lowest BCUT2D eigenvalue weighted by Gasteiger charge is -2.16. The maximum atomic E-state index is 13.5. The normalized spacial score (nSPS) is 12.6. The zero-order chi connectivity index (χ0) is 27.9. The number of rotatable bonds is 8. The van der Waals surface area contributed by atoms with Gasteiger partial charge in [0.2, 0.25) is 11.9 Å². The lowest BCUT2D eigenvalue weighted by atomic mass is 10.1. The highest BCUT2D eigenvalue weighted by molar-refractivity contribution is 7.85. The molecular formula is C24H27F3N6O4S. The monoisotopic (exact) mass is 552 g/mol. The van der Waals surface area contributed by atoms with Gasteiger partial charge in [-0.05, 0) is 49.2 Å². The third-order valence-corrected chi connectivity index (χ3v) is 6.01. The summed E-state index contributed by atoms with van der Waals surface area (Å²) in [4.78, 5) is 19.4. The van der Waals surface area contributed by atoms with Crippen LogP contribution in [0.1, 0.15) is 30.5 Å². The Morgan fingerprint density at radius 3 is 2.47 bits per heavy atom. The van der Waals surface area contributed by atoms with Crippen molar-refractivity contribution < 1.29 is 30.9 Å². The Hall–Kier alpha value is -3.91. The van der Waals surface area contributed by atoms with E-state index in [1.54, 1.807) is 18.2 Å². The van der Waals surface area contributed by atoms with E-state index in [9.17, 15) is 26.4 Å². The molecular weight excluding hydrogens is 525 g/mol. The van der Waals surface area contributed by atoms with Gasteiger partial charge in [-0.3, -0.25) is 9.35 Å². The molecule has 3 aromatic rings. The number of carbonyl (C=O) groups is 1. The van der Waals surface area contributed by atoms with Crippen LogP contribution in [0.5, 0.6) is 0 Å². The number of aromatic nitrogens is 2. The van der Waals surface area contributed by atoms with Gasteiger partial charge >= 0.3 is 6.18 Å². The molecule has 5 N–H and O–H groups in total. The van der Waals surface area contributed by atoms with Crippen LogP contribution in [-0.4, -0.2) is 41.1 Å². The summed E-state index contributed by atoms with van der Waals surface area (Å²) in [5.41, 5.74) is 2.79. The summed E-state index contributed by atoms with van der Waals surface area (Å²) in [6, 6.07) is 12.5. The van der Waals surface area contributed by atoms with E-state index in [1.807, 2.05) is 31.2 Å². The van der Waals surface area contributed by atoms with Gasteiger partial charge in [0.1, 0.15) is 11.4 Å². The number of nitrogens with zero attached hydrogens (tertiary/aromatic N) is 2. The van der Waals surface area contributed by atoms with E-state index in [-0.39, 0.29) is 36.4 Å². The van der Waals surface area contributed by atoms with Crippen molar-refractivity contribution in [1.29, 1.82) is 0 Å². The van der Waals surface area contributed by atoms with Crippen LogP contribution in [0, 0.1) is 0 Å². The highest BCUT2D eigenvalue weighted by Crippen LogP contribution is 2.35. The molecule has 1 amide bonds. The minimum atomic E-state index is -4.61. The molecule has 1 aliphatic heterocycles. The Morgan fingerprint density at radius 2 is 1.82 bits per heavy atom. The molecule has 0 atom stereocenters. The molecule has 0 saturated heterocycles. The van der Waals surface area contributed by atoms with Gasteiger partial charge < -0.3 is 21.3 Å². The predicted octanol–water partition coefficient (Wildman–Crippen LogP) is 4.67. The highest BCUT2D eigenvalue weighted by atomic mass is 32.2. The van der Waals surface area contributed by atoms with Crippen LogP contribution in [0.25, 0.3) is 0 Å². The molecule has 1 aliphatic rings. The van der Waals surface area contributed by atoms with Crippen molar-refractivity contribution in [1.82, 2.24) is 9.97 Å². The number of alkyl halides is 3. The first kappa shape index (κ1) is 28.7. The van der Waals surface area contributed by atoms with Crippen LogP contribution < -0.4 is 21.3 Å². The fourth-order valence-corrected chi connectivity index (χ4v) is 3.44. The van der Waals surface area contributed by atoms with Gasteiger partial charge in [-0.25, -0.2) is 4.98 Å². The van der Waals surface area contributed by atoms with Crippen LogP contribution in [0.15, 0.2) is 48.7 Å². The average Bonchev–Trinajstić information content (AvgIpc) is 3.22. The molecule has 0 saturated carbocycles. The molecule has 14 heteroatoms. The van der Waals surface area contributed by atoms with E-state index in [0.717, 1.165) is 28.7 Å². The van der Waals surface area contributed by atoms with Gasteiger partial charge in [0.25, 0.3) is 10.1 Å². The molecule has 4 rings (SSSR count). The maximum Gasteiger partial charge on any atom is 0.421 e. The number of anilines is 5. The van der Waals surface area contributed by atoms with Gasteiger partial charge in [-0.2, -0.15) is 26.6 Å². The fraction of sp³-hybridized carbons (Fsp3) is 0.292. The summed E-state index contributed by atoms with van der Waals surface area (Å²) in [7, 11) is -3.66. The first-order valence-electron chi connectivity index (χ1n) is 11.5. The summed E-state index contributed by atoms with van der Waals surface area (Å²) in [6.45, 7) is 4.15. The zero-order valence-corrected chi connectivity index (χ0v) is 21.4. The molecule has 1 aromatic heterocycles. The molecule has 0 spiro atoms. The van der Waals surface area contributed by atoms with E-state index in [2.05, 4.69) is 31.2 Å². The average molecular weight is 553 g/mol. The van der Waals surface area contributed by atoms with Crippen molar-refractivity contribution in [2.45, 2.75) is 33.0 Å². The minimum Gasteiger partial charge on any atom is -0.385 e. The Bertz CT molecular complexity index is 1400. The van der Waals surface area contributed by atoms with Crippen molar-refractivity contribution in [3.8, 4) is 0 Å². The van der Waals surface area contributed by atoms with Gasteiger partial charge in [0.05, 0.1) is 12.2 Å². The van der Waals surface area contributed by atoms with E-state index in [4.69, 9.17) is 4.55 Å². The molecule has 0 aliphatic carbocycles. The molecule has 204 valence electrons. The Kier molecular flexibility index (Phi) is 9.12. The Labute approximate surface area is 217 Å². The summed E-state index contributed by atoms with van der Waals surface area (Å²) in [5, 5.41) is 11.6. The van der Waals surface area contributed by atoms with Crippen LogP contribution in [0.3, 0.4) is 0 Å². The number of benzene rings is 2. The third-order valence-electron chi connectivity index (χ3n) is 5.28. The van der Waals surface area contributed by atoms with Crippen LogP contribution in [0.4, 0.5) is 42.0 Å². The van der Waals surface area contributed by atoms with Gasteiger partial charge in [0.15, 0.2) is 0 Å². The molecule has 2 aromatic carbocycles. The summed E-state index contributed by atoms with van der Waals surface area (Å²) in [6.07, 6.45) is -3.61. The predicted molar refractivity (Wildman–Crippen MR) is 139 cm³/mol. The highest BCUT2D eigenvalue weighted by Gasteiger charge is 2.35. The second kappa shape index (κ2) is 12.1. The molecule has 0 radical (unpaired) electrons. The number of nitrogens with one attached hydrogen (secondary N) is 4. The fourth-order valence-electron chi connectivity index (χ4n) is 3.44. The minimum absolute atomic E-state index is 0.0118. The van der Waals surface area contributed by atoms with Gasteiger partial charge in [-0.15, -0.1) is 0 Å². The SMILES string of the molecule is CCNc1ccccc1CNc1nc(Nc2ccc3c(c2)CC(=O)N3)ncc1C(F)(F)F.CCS(=O)(=O)O. The van der Waals surface area contributed by atoms with Gasteiger partial charge in [-0.1, -0.05) is 18.2 Å². The van der Waals surface area contributed by atoms with Crippen molar-refractivity contribution in [3.05, 3.63) is 65.4 Å². The first-order valence-corrected chi connectivity index (χ1v) is 13.1. The van der Waals surface area contributed by atoms with Crippen LogP contribution in [0.2, 0.25) is 0 Å². The summed E-state index contributed by atoms with van der Waals surface area (Å²) >= 11 is 0. The standard InChI is InChI=1S/C22H21F3N6O.C2H6O3S/c1-2-26-17-6-4-3-5-13(17)11-27-20-16(22(23,24)25)12-28-21(31-20)29-15-7-8-18-14(9-15)10-19(32)30-18;1-2-6(3,4)5/h3-9,12,26H,2,10-11H2,1H3,(H,30,32)(H2,27,28,29,31);2H2,1H3,(H,3,4,5). The maximum absolute atomic E-state index is 13.5. The van der Waals surface area contributed by atoms with Crippen molar-refractivity contribution in [2.75, 3.05) is 33.6 Å². The number of fused-ring (bicyclic) bond motifs is 1. The second-order valence-electron chi connectivity index (χ2n) is 8.09. The lowest BCUT2D eigenvalue weighted by Crippen LogP contribution is -2.15. The number of amides is 1. The molecule has 38 heavy (non-hydrogen) atoms. The topological polar surface area (TPSA) is 145 Å². The molecule has 0 fully saturated rings. The summed E-state index contributed by atoms with van der Waals surface area (Å²) in [5.74, 6) is -0.614. The molecule has 0 unspecified atom stereocenters. The largest absolute Gasteiger partial charge is 0.421 e. The second-order valence-corrected chi connectivity index (χ2v) is 9.83. The van der Waals surface area contributed by atoms with Crippen LogP contribution >= 0.6 is 0 Å². The Morgan fingerprint density at radius 1 is 1.11 bits per heavy atom.